The quantitative estimate of drug-likeness (QED) is 0.212. The molecule has 0 saturated carbocycles. The number of aliphatic imine (C=N–C) groups is 1. The van der Waals surface area contributed by atoms with Crippen molar-refractivity contribution in [3.63, 3.8) is 0 Å². The Morgan fingerprint density at radius 3 is 2.44 bits per heavy atom. The van der Waals surface area contributed by atoms with Gasteiger partial charge in [0.15, 0.2) is 17.5 Å². The highest BCUT2D eigenvalue weighted by atomic mass is 127. The molecule has 32 heavy (non-hydrogen) atoms. The van der Waals surface area contributed by atoms with E-state index in [4.69, 9.17) is 18.9 Å². The highest BCUT2D eigenvalue weighted by Crippen LogP contribution is 2.27. The predicted octanol–water partition coefficient (Wildman–Crippen LogP) is 5.00. The fourth-order valence-corrected chi connectivity index (χ4v) is 3.28. The number of methoxy groups -OCH3 is 2. The molecule has 2 N–H and O–H groups in total. The van der Waals surface area contributed by atoms with Crippen molar-refractivity contribution in [2.75, 3.05) is 27.3 Å². The van der Waals surface area contributed by atoms with Gasteiger partial charge in [0.1, 0.15) is 5.76 Å². The molecule has 0 aliphatic rings. The molecule has 6 nitrogen and oxygen atoms in total. The Bertz CT molecular complexity index is 946. The van der Waals surface area contributed by atoms with Gasteiger partial charge in [0.05, 0.1) is 26.5 Å². The van der Waals surface area contributed by atoms with E-state index in [9.17, 15) is 0 Å². The van der Waals surface area contributed by atoms with Crippen LogP contribution in [0.25, 0.3) is 0 Å². The molecule has 3 rings (SSSR count). The van der Waals surface area contributed by atoms with Gasteiger partial charge in [-0.25, -0.2) is 0 Å². The Hall–Kier alpha value is -2.68. The highest BCUT2D eigenvalue weighted by molar-refractivity contribution is 14.0. The smallest absolute Gasteiger partial charge is 0.191 e. The van der Waals surface area contributed by atoms with Gasteiger partial charge in [-0.3, -0.25) is 4.99 Å². The maximum Gasteiger partial charge on any atom is 0.191 e. The van der Waals surface area contributed by atoms with Gasteiger partial charge in [-0.05, 0) is 48.7 Å². The second kappa shape index (κ2) is 13.7. The number of guanidine groups is 1. The van der Waals surface area contributed by atoms with Gasteiger partial charge in [0, 0.05) is 19.5 Å². The molecule has 7 heteroatoms. The summed E-state index contributed by atoms with van der Waals surface area (Å²) in [4.78, 5) is 4.75. The molecule has 2 aromatic carbocycles. The topological polar surface area (TPSA) is 68.0 Å². The molecule has 0 bridgehead atoms. The summed E-state index contributed by atoms with van der Waals surface area (Å²) in [6.45, 7) is 3.51. The van der Waals surface area contributed by atoms with Gasteiger partial charge in [0.2, 0.25) is 0 Å². The monoisotopic (exact) mass is 549 g/mol. The molecule has 0 radical (unpaired) electrons. The van der Waals surface area contributed by atoms with Crippen molar-refractivity contribution in [3.8, 4) is 11.5 Å². The molecule has 0 spiro atoms. The standard InChI is InChI=1S/C25H31N3O3.HI/c1-19(21-8-5-4-6-9-21)28-25(27-16-14-22-10-7-17-31-22)26-15-13-20-11-12-23(29-2)24(18-20)30-3;/h4-12,17-19H,13-16H2,1-3H3,(H2,26,27,28);1H. The van der Waals surface area contributed by atoms with Crippen LogP contribution in [0.15, 0.2) is 76.3 Å². The fraction of sp³-hybridized carbons (Fsp3) is 0.320. The zero-order valence-corrected chi connectivity index (χ0v) is 21.2. The van der Waals surface area contributed by atoms with Crippen LogP contribution in [-0.4, -0.2) is 33.3 Å². The Kier molecular flexibility index (Phi) is 10.9. The lowest BCUT2D eigenvalue weighted by Gasteiger charge is -2.19. The van der Waals surface area contributed by atoms with E-state index in [1.807, 2.05) is 42.5 Å². The summed E-state index contributed by atoms with van der Waals surface area (Å²) >= 11 is 0. The fourth-order valence-electron chi connectivity index (χ4n) is 3.28. The number of hydrogen-bond donors (Lipinski definition) is 2. The van der Waals surface area contributed by atoms with Crippen molar-refractivity contribution in [3.05, 3.63) is 83.8 Å². The number of nitrogens with one attached hydrogen (secondary N) is 2. The maximum absolute atomic E-state index is 5.41. The molecule has 172 valence electrons. The van der Waals surface area contributed by atoms with Crippen LogP contribution in [0.4, 0.5) is 0 Å². The lowest BCUT2D eigenvalue weighted by atomic mass is 10.1. The number of furan rings is 1. The predicted molar refractivity (Wildman–Crippen MR) is 139 cm³/mol. The van der Waals surface area contributed by atoms with E-state index in [1.54, 1.807) is 20.5 Å². The third-order valence-corrected chi connectivity index (χ3v) is 5.02. The third-order valence-electron chi connectivity index (χ3n) is 5.02. The Balaban J connectivity index is 0.00000363. The molecule has 1 heterocycles. The minimum absolute atomic E-state index is 0. The first-order valence-corrected chi connectivity index (χ1v) is 10.5. The zero-order valence-electron chi connectivity index (χ0n) is 18.8. The lowest BCUT2D eigenvalue weighted by Crippen LogP contribution is -2.40. The summed E-state index contributed by atoms with van der Waals surface area (Å²) in [6.07, 6.45) is 3.28. The van der Waals surface area contributed by atoms with Crippen LogP contribution >= 0.6 is 24.0 Å². The van der Waals surface area contributed by atoms with E-state index in [1.165, 1.54) is 5.56 Å². The molecule has 1 unspecified atom stereocenters. The van der Waals surface area contributed by atoms with Crippen LogP contribution < -0.4 is 20.1 Å². The van der Waals surface area contributed by atoms with Crippen LogP contribution in [0.1, 0.15) is 29.9 Å². The van der Waals surface area contributed by atoms with Gasteiger partial charge < -0.3 is 24.5 Å². The summed E-state index contributed by atoms with van der Waals surface area (Å²) in [6, 6.07) is 20.3. The molecular weight excluding hydrogens is 517 g/mol. The Morgan fingerprint density at radius 2 is 1.75 bits per heavy atom. The van der Waals surface area contributed by atoms with E-state index in [0.717, 1.165) is 48.2 Å². The second-order valence-electron chi connectivity index (χ2n) is 7.20. The first kappa shape index (κ1) is 25.6. The minimum atomic E-state index is 0. The van der Waals surface area contributed by atoms with Crippen LogP contribution in [0, 0.1) is 0 Å². The summed E-state index contributed by atoms with van der Waals surface area (Å²) in [7, 11) is 3.29. The SMILES string of the molecule is COc1ccc(CCNC(=NCCc2ccco2)NC(C)c2ccccc2)cc1OC.I. The molecule has 0 saturated heterocycles. The third kappa shape index (κ3) is 7.78. The largest absolute Gasteiger partial charge is 0.493 e. The van der Waals surface area contributed by atoms with E-state index in [0.29, 0.717) is 6.54 Å². The summed E-state index contributed by atoms with van der Waals surface area (Å²) in [5, 5.41) is 6.96. The number of halogens is 1. The first-order valence-electron chi connectivity index (χ1n) is 10.5. The second-order valence-corrected chi connectivity index (χ2v) is 7.20. The van der Waals surface area contributed by atoms with E-state index in [2.05, 4.69) is 35.8 Å². The average molecular weight is 549 g/mol. The van der Waals surface area contributed by atoms with Crippen LogP contribution in [0.2, 0.25) is 0 Å². The molecular formula is C25H32IN3O3. The van der Waals surface area contributed by atoms with E-state index >= 15 is 0 Å². The first-order chi connectivity index (χ1) is 15.2. The normalized spacial score (nSPS) is 11.9. The van der Waals surface area contributed by atoms with Crippen molar-refractivity contribution < 1.29 is 13.9 Å². The number of hydrogen-bond acceptors (Lipinski definition) is 4. The zero-order chi connectivity index (χ0) is 21.9. The highest BCUT2D eigenvalue weighted by Gasteiger charge is 2.09. The van der Waals surface area contributed by atoms with Crippen molar-refractivity contribution in [1.82, 2.24) is 10.6 Å². The Labute approximate surface area is 207 Å². The van der Waals surface area contributed by atoms with Gasteiger partial charge in [-0.1, -0.05) is 36.4 Å². The van der Waals surface area contributed by atoms with E-state index in [-0.39, 0.29) is 30.0 Å². The number of rotatable bonds is 10. The van der Waals surface area contributed by atoms with Gasteiger partial charge >= 0.3 is 0 Å². The molecule has 1 atom stereocenters. The van der Waals surface area contributed by atoms with Crippen molar-refractivity contribution in [2.45, 2.75) is 25.8 Å². The van der Waals surface area contributed by atoms with Crippen molar-refractivity contribution in [1.29, 1.82) is 0 Å². The molecule has 0 fully saturated rings. The van der Waals surface area contributed by atoms with Gasteiger partial charge in [-0.15, -0.1) is 24.0 Å². The number of ether oxygens (including phenoxy) is 2. The van der Waals surface area contributed by atoms with E-state index < -0.39 is 0 Å². The molecule has 0 aliphatic heterocycles. The molecule has 3 aromatic rings. The Morgan fingerprint density at radius 1 is 0.969 bits per heavy atom. The summed E-state index contributed by atoms with van der Waals surface area (Å²) < 4.78 is 16.1. The number of nitrogens with zero attached hydrogens (tertiary/aromatic N) is 1. The summed E-state index contributed by atoms with van der Waals surface area (Å²) in [5.41, 5.74) is 2.37. The molecule has 1 aromatic heterocycles. The van der Waals surface area contributed by atoms with Crippen LogP contribution in [-0.2, 0) is 12.8 Å². The maximum atomic E-state index is 5.41. The minimum Gasteiger partial charge on any atom is -0.493 e. The molecule has 0 aliphatic carbocycles. The van der Waals surface area contributed by atoms with Crippen LogP contribution in [0.3, 0.4) is 0 Å². The van der Waals surface area contributed by atoms with Gasteiger partial charge in [0.25, 0.3) is 0 Å². The van der Waals surface area contributed by atoms with Gasteiger partial charge in [-0.2, -0.15) is 0 Å². The van der Waals surface area contributed by atoms with Crippen LogP contribution in [0.5, 0.6) is 11.5 Å². The summed E-state index contributed by atoms with van der Waals surface area (Å²) in [5.74, 6) is 3.19. The van der Waals surface area contributed by atoms with Crippen molar-refractivity contribution >= 4 is 29.9 Å². The lowest BCUT2D eigenvalue weighted by molar-refractivity contribution is 0.354. The number of benzene rings is 2. The molecule has 0 amide bonds. The van der Waals surface area contributed by atoms with Crippen molar-refractivity contribution in [2.24, 2.45) is 4.99 Å². The average Bonchev–Trinajstić information content (AvgIpc) is 3.33.